The smallest absolute Gasteiger partial charge is 0.117 e. The minimum absolute atomic E-state index is 0.340. The summed E-state index contributed by atoms with van der Waals surface area (Å²) in [4.78, 5) is 0. The Hall–Kier alpha value is -1.48. The normalized spacial score (nSPS) is 15.8. The molecule has 1 saturated carbocycles. The zero-order valence-electron chi connectivity index (χ0n) is 9.19. The van der Waals surface area contributed by atoms with Gasteiger partial charge < -0.3 is 15.4 Å². The Morgan fingerprint density at radius 3 is 2.81 bits per heavy atom. The van der Waals surface area contributed by atoms with Crippen molar-refractivity contribution in [3.8, 4) is 5.75 Å². The maximum Gasteiger partial charge on any atom is 0.117 e. The summed E-state index contributed by atoms with van der Waals surface area (Å²) in [5.74, 6) is 0.340. The van der Waals surface area contributed by atoms with Crippen LogP contribution in [0.4, 0.5) is 0 Å². The molecule has 3 heteroatoms. The third kappa shape index (κ3) is 1.48. The van der Waals surface area contributed by atoms with E-state index in [4.69, 9.17) is 5.73 Å². The lowest BCUT2D eigenvalue weighted by Crippen LogP contribution is -2.07. The van der Waals surface area contributed by atoms with E-state index in [9.17, 15) is 5.11 Å². The number of rotatable bonds is 3. The first-order valence-electron chi connectivity index (χ1n) is 5.82. The van der Waals surface area contributed by atoms with Crippen molar-refractivity contribution in [2.75, 3.05) is 6.54 Å². The number of aromatic nitrogens is 1. The van der Waals surface area contributed by atoms with E-state index in [0.29, 0.717) is 18.3 Å². The second-order valence-electron chi connectivity index (χ2n) is 4.52. The molecular weight excluding hydrogens is 200 g/mol. The van der Waals surface area contributed by atoms with Crippen molar-refractivity contribution in [1.82, 2.24) is 4.57 Å². The summed E-state index contributed by atoms with van der Waals surface area (Å²) in [6.45, 7) is 0.676. The molecule has 0 radical (unpaired) electrons. The molecule has 84 valence electrons. The van der Waals surface area contributed by atoms with Crippen molar-refractivity contribution in [2.24, 2.45) is 5.73 Å². The Balaban J connectivity index is 2.21. The van der Waals surface area contributed by atoms with E-state index < -0.39 is 0 Å². The fourth-order valence-corrected chi connectivity index (χ4v) is 2.37. The van der Waals surface area contributed by atoms with Crippen molar-refractivity contribution in [2.45, 2.75) is 25.3 Å². The van der Waals surface area contributed by atoms with Crippen LogP contribution in [0.25, 0.3) is 10.9 Å². The summed E-state index contributed by atoms with van der Waals surface area (Å²) in [6.07, 6.45) is 3.40. The lowest BCUT2D eigenvalue weighted by molar-refractivity contribution is 0.476. The highest BCUT2D eigenvalue weighted by Gasteiger charge is 2.26. The number of hydrogen-bond donors (Lipinski definition) is 2. The molecule has 1 aromatic carbocycles. The number of benzene rings is 1. The predicted molar refractivity (Wildman–Crippen MR) is 64.6 cm³/mol. The summed E-state index contributed by atoms with van der Waals surface area (Å²) in [7, 11) is 0. The molecule has 1 aliphatic rings. The topological polar surface area (TPSA) is 51.2 Å². The number of phenols is 1. The lowest BCUT2D eigenvalue weighted by atomic mass is 10.2. The monoisotopic (exact) mass is 216 g/mol. The van der Waals surface area contributed by atoms with E-state index in [1.165, 1.54) is 23.9 Å². The van der Waals surface area contributed by atoms with Gasteiger partial charge in [0.25, 0.3) is 0 Å². The molecule has 3 N–H and O–H groups in total. The van der Waals surface area contributed by atoms with E-state index in [2.05, 4.69) is 10.6 Å². The minimum Gasteiger partial charge on any atom is -0.508 e. The summed E-state index contributed by atoms with van der Waals surface area (Å²) in [6, 6.07) is 8.39. The third-order valence-electron chi connectivity index (χ3n) is 3.22. The quantitative estimate of drug-likeness (QED) is 0.826. The summed E-state index contributed by atoms with van der Waals surface area (Å²) in [5, 5.41) is 10.8. The van der Waals surface area contributed by atoms with Crippen LogP contribution in [0.15, 0.2) is 24.3 Å². The van der Waals surface area contributed by atoms with Crippen LogP contribution in [0.2, 0.25) is 0 Å². The Bertz CT molecular complexity index is 526. The maximum atomic E-state index is 9.56. The van der Waals surface area contributed by atoms with Gasteiger partial charge in [0, 0.05) is 23.2 Å². The van der Waals surface area contributed by atoms with Gasteiger partial charge in [0.15, 0.2) is 0 Å². The average molecular weight is 216 g/mol. The molecule has 0 aliphatic heterocycles. The molecule has 2 aromatic rings. The SMILES string of the molecule is NCCc1cc2ccc(O)cc2n1C1CC1. The molecular formula is C13H16N2O. The van der Waals surface area contributed by atoms with E-state index in [0.717, 1.165) is 11.9 Å². The molecule has 0 spiro atoms. The molecule has 3 nitrogen and oxygen atoms in total. The van der Waals surface area contributed by atoms with Crippen molar-refractivity contribution >= 4 is 10.9 Å². The molecule has 1 heterocycles. The van der Waals surface area contributed by atoms with Gasteiger partial charge in [-0.05, 0) is 44.0 Å². The van der Waals surface area contributed by atoms with Crippen molar-refractivity contribution < 1.29 is 5.11 Å². The molecule has 1 fully saturated rings. The summed E-state index contributed by atoms with van der Waals surface area (Å²) < 4.78 is 2.35. The molecule has 16 heavy (non-hydrogen) atoms. The van der Waals surface area contributed by atoms with E-state index >= 15 is 0 Å². The maximum absolute atomic E-state index is 9.56. The molecule has 0 saturated heterocycles. The van der Waals surface area contributed by atoms with Gasteiger partial charge in [0.2, 0.25) is 0 Å². The highest BCUT2D eigenvalue weighted by atomic mass is 16.3. The molecule has 0 amide bonds. The third-order valence-corrected chi connectivity index (χ3v) is 3.22. The molecule has 0 atom stereocenters. The van der Waals surface area contributed by atoms with E-state index in [1.54, 1.807) is 6.07 Å². The number of nitrogens with zero attached hydrogens (tertiary/aromatic N) is 1. The number of fused-ring (bicyclic) bond motifs is 1. The largest absolute Gasteiger partial charge is 0.508 e. The Morgan fingerprint density at radius 2 is 2.12 bits per heavy atom. The number of nitrogens with two attached hydrogens (primary N) is 1. The standard InChI is InChI=1S/C13H16N2O/c14-6-5-11-7-9-1-4-12(16)8-13(9)15(11)10-2-3-10/h1,4,7-8,10,16H,2-3,5-6,14H2. The van der Waals surface area contributed by atoms with Crippen molar-refractivity contribution in [3.05, 3.63) is 30.0 Å². The van der Waals surface area contributed by atoms with Crippen LogP contribution < -0.4 is 5.73 Å². The first-order valence-corrected chi connectivity index (χ1v) is 5.82. The van der Waals surface area contributed by atoms with Gasteiger partial charge >= 0.3 is 0 Å². The van der Waals surface area contributed by atoms with Crippen LogP contribution in [0.3, 0.4) is 0 Å². The second-order valence-corrected chi connectivity index (χ2v) is 4.52. The molecule has 1 aliphatic carbocycles. The van der Waals surface area contributed by atoms with E-state index in [1.807, 2.05) is 12.1 Å². The fourth-order valence-electron chi connectivity index (χ4n) is 2.37. The van der Waals surface area contributed by atoms with E-state index in [-0.39, 0.29) is 0 Å². The zero-order chi connectivity index (χ0) is 11.1. The van der Waals surface area contributed by atoms with Crippen LogP contribution in [0.1, 0.15) is 24.6 Å². The first kappa shape index (κ1) is 9.73. The van der Waals surface area contributed by atoms with Crippen LogP contribution >= 0.6 is 0 Å². The minimum atomic E-state index is 0.340. The first-order chi connectivity index (χ1) is 7.79. The highest BCUT2D eigenvalue weighted by molar-refractivity contribution is 5.83. The van der Waals surface area contributed by atoms with Gasteiger partial charge in [-0.2, -0.15) is 0 Å². The number of aromatic hydroxyl groups is 1. The van der Waals surface area contributed by atoms with Gasteiger partial charge in [-0.1, -0.05) is 0 Å². The van der Waals surface area contributed by atoms with Gasteiger partial charge in [-0.25, -0.2) is 0 Å². The molecule has 1 aromatic heterocycles. The molecule has 0 unspecified atom stereocenters. The van der Waals surface area contributed by atoms with Gasteiger partial charge in [0.05, 0.1) is 5.52 Å². The molecule has 0 bridgehead atoms. The summed E-state index contributed by atoms with van der Waals surface area (Å²) in [5.41, 5.74) is 8.08. The fraction of sp³-hybridized carbons (Fsp3) is 0.385. The van der Waals surface area contributed by atoms with Gasteiger partial charge in [-0.3, -0.25) is 0 Å². The van der Waals surface area contributed by atoms with Crippen molar-refractivity contribution in [3.63, 3.8) is 0 Å². The molecule has 3 rings (SSSR count). The van der Waals surface area contributed by atoms with Crippen LogP contribution in [0.5, 0.6) is 5.75 Å². The van der Waals surface area contributed by atoms with Crippen molar-refractivity contribution in [1.29, 1.82) is 0 Å². The second kappa shape index (κ2) is 3.52. The van der Waals surface area contributed by atoms with Gasteiger partial charge in [-0.15, -0.1) is 0 Å². The van der Waals surface area contributed by atoms with Crippen LogP contribution in [-0.4, -0.2) is 16.2 Å². The van der Waals surface area contributed by atoms with Crippen LogP contribution in [-0.2, 0) is 6.42 Å². The Morgan fingerprint density at radius 1 is 1.31 bits per heavy atom. The van der Waals surface area contributed by atoms with Crippen LogP contribution in [0, 0.1) is 0 Å². The highest BCUT2D eigenvalue weighted by Crippen LogP contribution is 2.40. The Labute approximate surface area is 94.5 Å². The predicted octanol–water partition coefficient (Wildman–Crippen LogP) is 2.18. The number of phenolic OH excluding ortho intramolecular Hbond substituents is 1. The lowest BCUT2D eigenvalue weighted by Gasteiger charge is -2.08. The zero-order valence-corrected chi connectivity index (χ0v) is 9.19. The number of hydrogen-bond acceptors (Lipinski definition) is 2. The average Bonchev–Trinajstić information content (AvgIpc) is 3.02. The summed E-state index contributed by atoms with van der Waals surface area (Å²) >= 11 is 0. The van der Waals surface area contributed by atoms with Gasteiger partial charge in [0.1, 0.15) is 5.75 Å². The Kier molecular flexibility index (Phi) is 2.14.